The monoisotopic (exact) mass is 267 g/mol. The van der Waals surface area contributed by atoms with Crippen molar-refractivity contribution >= 4 is 15.9 Å². The van der Waals surface area contributed by atoms with Crippen LogP contribution in [0.1, 0.15) is 37.8 Å². The topological polar surface area (TPSA) is 12.9 Å². The van der Waals surface area contributed by atoms with E-state index in [-0.39, 0.29) is 0 Å². The van der Waals surface area contributed by atoms with E-state index in [4.69, 9.17) is 0 Å². The maximum absolute atomic E-state index is 4.41. The number of alkyl halides is 1. The largest absolute Gasteiger partial charge is 0.261 e. The molecule has 1 aromatic rings. The van der Waals surface area contributed by atoms with Crippen molar-refractivity contribution in [3.05, 3.63) is 30.1 Å². The van der Waals surface area contributed by atoms with Gasteiger partial charge in [0.2, 0.25) is 0 Å². The lowest BCUT2D eigenvalue weighted by Crippen LogP contribution is -2.09. The van der Waals surface area contributed by atoms with Crippen molar-refractivity contribution in [1.29, 1.82) is 0 Å². The predicted molar refractivity (Wildman–Crippen MR) is 67.2 cm³/mol. The van der Waals surface area contributed by atoms with E-state index in [2.05, 4.69) is 33.0 Å². The van der Waals surface area contributed by atoms with E-state index in [1.54, 1.807) is 0 Å². The summed E-state index contributed by atoms with van der Waals surface area (Å²) in [4.78, 5) is 5.14. The van der Waals surface area contributed by atoms with E-state index in [1.807, 2.05) is 12.3 Å². The van der Waals surface area contributed by atoms with Gasteiger partial charge in [-0.15, -0.1) is 0 Å². The number of hydrogen-bond acceptors (Lipinski definition) is 1. The lowest BCUT2D eigenvalue weighted by atomic mass is 9.95. The standard InChI is InChI=1S/C13H18BrN/c14-12-6-2-1-5-11(9-12)10-13-7-3-4-8-15-13/h3-4,7-8,11-12H,1-2,5-6,9-10H2. The van der Waals surface area contributed by atoms with Crippen molar-refractivity contribution in [3.63, 3.8) is 0 Å². The van der Waals surface area contributed by atoms with Crippen LogP contribution in [0.2, 0.25) is 0 Å². The fraction of sp³-hybridized carbons (Fsp3) is 0.615. The SMILES string of the molecule is BrC1CCCCC(Cc2ccccn2)C1. The highest BCUT2D eigenvalue weighted by atomic mass is 79.9. The highest BCUT2D eigenvalue weighted by Gasteiger charge is 2.18. The van der Waals surface area contributed by atoms with E-state index in [0.29, 0.717) is 0 Å². The average Bonchev–Trinajstić information content (AvgIpc) is 2.44. The van der Waals surface area contributed by atoms with Gasteiger partial charge in [0.25, 0.3) is 0 Å². The second-order valence-corrected chi connectivity index (χ2v) is 5.80. The molecule has 1 aliphatic rings. The Morgan fingerprint density at radius 1 is 1.27 bits per heavy atom. The Hall–Kier alpha value is -0.370. The molecule has 0 aromatic carbocycles. The molecular formula is C13H18BrN. The van der Waals surface area contributed by atoms with Gasteiger partial charge >= 0.3 is 0 Å². The van der Waals surface area contributed by atoms with Crippen molar-refractivity contribution in [2.75, 3.05) is 0 Å². The van der Waals surface area contributed by atoms with Crippen LogP contribution in [0.3, 0.4) is 0 Å². The fourth-order valence-corrected chi connectivity index (χ4v) is 3.25. The Balaban J connectivity index is 1.93. The molecule has 2 atom stereocenters. The summed E-state index contributed by atoms with van der Waals surface area (Å²) in [5.41, 5.74) is 1.25. The summed E-state index contributed by atoms with van der Waals surface area (Å²) in [7, 11) is 0. The third-order valence-electron chi connectivity index (χ3n) is 3.19. The predicted octanol–water partition coefficient (Wildman–Crippen LogP) is 3.97. The van der Waals surface area contributed by atoms with E-state index in [1.165, 1.54) is 37.8 Å². The van der Waals surface area contributed by atoms with Gasteiger partial charge in [-0.3, -0.25) is 4.98 Å². The minimum atomic E-state index is 0.730. The van der Waals surface area contributed by atoms with Gasteiger partial charge < -0.3 is 0 Å². The van der Waals surface area contributed by atoms with Gasteiger partial charge in [0.05, 0.1) is 0 Å². The van der Waals surface area contributed by atoms with Crippen LogP contribution in [0, 0.1) is 5.92 Å². The van der Waals surface area contributed by atoms with Gasteiger partial charge in [-0.05, 0) is 37.3 Å². The summed E-state index contributed by atoms with van der Waals surface area (Å²) in [6.07, 6.45) is 9.86. The molecule has 2 rings (SSSR count). The number of aromatic nitrogens is 1. The van der Waals surface area contributed by atoms with Gasteiger partial charge in [-0.1, -0.05) is 41.3 Å². The summed E-state index contributed by atoms with van der Waals surface area (Å²) in [6.45, 7) is 0. The van der Waals surface area contributed by atoms with Crippen LogP contribution in [0.25, 0.3) is 0 Å². The van der Waals surface area contributed by atoms with Crippen LogP contribution in [0.4, 0.5) is 0 Å². The molecule has 1 aromatic heterocycles. The van der Waals surface area contributed by atoms with Crippen LogP contribution >= 0.6 is 15.9 Å². The molecule has 15 heavy (non-hydrogen) atoms. The first-order valence-corrected chi connectivity index (χ1v) is 6.80. The number of nitrogens with zero attached hydrogens (tertiary/aromatic N) is 1. The highest BCUT2D eigenvalue weighted by Crippen LogP contribution is 2.29. The quantitative estimate of drug-likeness (QED) is 0.584. The van der Waals surface area contributed by atoms with Crippen LogP contribution in [-0.4, -0.2) is 9.81 Å². The van der Waals surface area contributed by atoms with Crippen LogP contribution in [-0.2, 0) is 6.42 Å². The van der Waals surface area contributed by atoms with Gasteiger partial charge in [-0.25, -0.2) is 0 Å². The van der Waals surface area contributed by atoms with Crippen molar-refractivity contribution in [1.82, 2.24) is 4.98 Å². The molecule has 0 radical (unpaired) electrons. The Bertz CT molecular complexity index is 286. The molecule has 82 valence electrons. The molecule has 2 unspecified atom stereocenters. The molecule has 1 nitrogen and oxygen atoms in total. The minimum absolute atomic E-state index is 0.730. The van der Waals surface area contributed by atoms with E-state index in [0.717, 1.165) is 17.2 Å². The first-order valence-electron chi connectivity index (χ1n) is 5.88. The Morgan fingerprint density at radius 3 is 2.93 bits per heavy atom. The van der Waals surface area contributed by atoms with Gasteiger partial charge in [0.1, 0.15) is 0 Å². The highest BCUT2D eigenvalue weighted by molar-refractivity contribution is 9.09. The van der Waals surface area contributed by atoms with E-state index < -0.39 is 0 Å². The van der Waals surface area contributed by atoms with Gasteiger partial charge in [-0.2, -0.15) is 0 Å². The number of halogens is 1. The van der Waals surface area contributed by atoms with Crippen LogP contribution in [0.5, 0.6) is 0 Å². The van der Waals surface area contributed by atoms with Crippen molar-refractivity contribution in [3.8, 4) is 0 Å². The molecule has 1 fully saturated rings. The minimum Gasteiger partial charge on any atom is -0.261 e. The fourth-order valence-electron chi connectivity index (χ4n) is 2.40. The maximum Gasteiger partial charge on any atom is 0.0406 e. The molecule has 1 saturated carbocycles. The number of rotatable bonds is 2. The molecule has 0 amide bonds. The van der Waals surface area contributed by atoms with Gasteiger partial charge in [0, 0.05) is 16.7 Å². The Labute approximate surface area is 100 Å². The van der Waals surface area contributed by atoms with E-state index in [9.17, 15) is 0 Å². The van der Waals surface area contributed by atoms with Crippen LogP contribution < -0.4 is 0 Å². The lowest BCUT2D eigenvalue weighted by molar-refractivity contribution is 0.459. The van der Waals surface area contributed by atoms with Gasteiger partial charge in [0.15, 0.2) is 0 Å². The Morgan fingerprint density at radius 2 is 2.13 bits per heavy atom. The average molecular weight is 268 g/mol. The Kier molecular flexibility index (Phi) is 4.18. The number of hydrogen-bond donors (Lipinski definition) is 0. The van der Waals surface area contributed by atoms with Crippen molar-refractivity contribution in [2.24, 2.45) is 5.92 Å². The lowest BCUT2D eigenvalue weighted by Gasteiger charge is -2.15. The summed E-state index contributed by atoms with van der Waals surface area (Å²) < 4.78 is 0. The molecule has 0 N–H and O–H groups in total. The molecule has 1 aliphatic carbocycles. The van der Waals surface area contributed by atoms with E-state index >= 15 is 0 Å². The molecule has 0 saturated heterocycles. The molecule has 0 aliphatic heterocycles. The summed E-state index contributed by atoms with van der Waals surface area (Å²) >= 11 is 3.77. The zero-order valence-electron chi connectivity index (χ0n) is 9.03. The third-order valence-corrected chi connectivity index (χ3v) is 4.02. The molecular weight excluding hydrogens is 250 g/mol. The zero-order chi connectivity index (χ0) is 10.5. The molecule has 0 spiro atoms. The smallest absolute Gasteiger partial charge is 0.0406 e. The maximum atomic E-state index is 4.41. The second-order valence-electron chi connectivity index (χ2n) is 4.51. The van der Waals surface area contributed by atoms with Crippen molar-refractivity contribution in [2.45, 2.75) is 43.4 Å². The summed E-state index contributed by atoms with van der Waals surface area (Å²) in [5, 5.41) is 0. The number of pyridine rings is 1. The normalized spacial score (nSPS) is 27.3. The van der Waals surface area contributed by atoms with Crippen LogP contribution in [0.15, 0.2) is 24.4 Å². The van der Waals surface area contributed by atoms with Crippen molar-refractivity contribution < 1.29 is 0 Å². The second kappa shape index (κ2) is 5.64. The molecule has 0 bridgehead atoms. The third kappa shape index (κ3) is 3.60. The molecule has 2 heteroatoms. The first-order chi connectivity index (χ1) is 7.34. The summed E-state index contributed by atoms with van der Waals surface area (Å²) in [6, 6.07) is 6.22. The molecule has 1 heterocycles. The first kappa shape index (κ1) is 11.1. The summed E-state index contributed by atoms with van der Waals surface area (Å²) in [5.74, 6) is 0.826. The zero-order valence-corrected chi connectivity index (χ0v) is 10.6.